The molecule has 5 atom stereocenters. The van der Waals surface area contributed by atoms with Gasteiger partial charge in [0.1, 0.15) is 30.0 Å². The Kier molecular flexibility index (Phi) is 12.4. The quantitative estimate of drug-likeness (QED) is 0.0732. The van der Waals surface area contributed by atoms with Crippen LogP contribution in [0.3, 0.4) is 0 Å². The van der Waals surface area contributed by atoms with E-state index in [0.29, 0.717) is 22.3 Å². The molecule has 5 unspecified atom stereocenters. The van der Waals surface area contributed by atoms with Crippen molar-refractivity contribution >= 4 is 23.5 Å². The summed E-state index contributed by atoms with van der Waals surface area (Å²) in [5.41, 5.74) is 1.03. The first kappa shape index (κ1) is 38.3. The van der Waals surface area contributed by atoms with Gasteiger partial charge in [0.25, 0.3) is 0 Å². The second-order valence-electron chi connectivity index (χ2n) is 11.1. The fraction of sp³-hybridized carbons (Fsp3) is 0.250. The van der Waals surface area contributed by atoms with Crippen LogP contribution < -0.4 is 0 Å². The highest BCUT2D eigenvalue weighted by atomic mass is 31.2. The normalized spacial score (nSPS) is 21.9. The molecule has 1 aliphatic rings. The van der Waals surface area contributed by atoms with Gasteiger partial charge < -0.3 is 43.6 Å². The van der Waals surface area contributed by atoms with Crippen LogP contribution in [-0.4, -0.2) is 66.7 Å². The fourth-order valence-corrected chi connectivity index (χ4v) is 7.38. The van der Waals surface area contributed by atoms with E-state index in [4.69, 9.17) is 27.8 Å². The number of rotatable bonds is 15. The molecule has 6 N–H and O–H groups in total. The first-order chi connectivity index (χ1) is 23.6. The van der Waals surface area contributed by atoms with Gasteiger partial charge in [-0.2, -0.15) is 0 Å². The Balaban J connectivity index is 1.63. The van der Waals surface area contributed by atoms with Crippen LogP contribution in [0, 0.1) is 0 Å². The minimum absolute atomic E-state index is 0.255. The third kappa shape index (κ3) is 10.1. The molecule has 0 saturated carbocycles. The second-order valence-corrected chi connectivity index (χ2v) is 14.7. The lowest BCUT2D eigenvalue weighted by Gasteiger charge is -2.46. The van der Waals surface area contributed by atoms with Crippen molar-refractivity contribution in [1.82, 2.24) is 0 Å². The van der Waals surface area contributed by atoms with Crippen LogP contribution in [0.2, 0.25) is 0 Å². The summed E-state index contributed by atoms with van der Waals surface area (Å²) in [6, 6.07) is 35.4. The zero-order valence-corrected chi connectivity index (χ0v) is 28.7. The summed E-state index contributed by atoms with van der Waals surface area (Å²) in [5, 5.41) is 0. The average Bonchev–Trinajstić information content (AvgIpc) is 3.07. The van der Waals surface area contributed by atoms with Gasteiger partial charge in [0.15, 0.2) is 6.29 Å². The van der Waals surface area contributed by atoms with Gasteiger partial charge in [-0.25, -0.2) is 13.7 Å². The summed E-state index contributed by atoms with van der Waals surface area (Å²) < 4.78 is 70.1. The number of benzene rings is 4. The Morgan fingerprint density at radius 3 is 1.34 bits per heavy atom. The van der Waals surface area contributed by atoms with Gasteiger partial charge in [0.2, 0.25) is 0 Å². The molecule has 0 radical (unpaired) electrons. The third-order valence-corrected chi connectivity index (χ3v) is 9.18. The molecule has 15 nitrogen and oxygen atoms in total. The fourth-order valence-electron chi connectivity index (χ4n) is 5.71. The summed E-state index contributed by atoms with van der Waals surface area (Å²) in [6.07, 6.45) is -10.2. The maximum Gasteiger partial charge on any atom is 0.470 e. The molecule has 18 heteroatoms. The van der Waals surface area contributed by atoms with Gasteiger partial charge in [-0.05, 0) is 22.3 Å². The second kappa shape index (κ2) is 16.2. The van der Waals surface area contributed by atoms with E-state index in [1.54, 1.807) is 121 Å². The van der Waals surface area contributed by atoms with Crippen molar-refractivity contribution in [1.29, 1.82) is 0 Å². The van der Waals surface area contributed by atoms with Gasteiger partial charge in [0, 0.05) is 0 Å². The Morgan fingerprint density at radius 2 is 0.920 bits per heavy atom. The van der Waals surface area contributed by atoms with Crippen molar-refractivity contribution in [2.75, 3.05) is 6.61 Å². The van der Waals surface area contributed by atoms with Crippen LogP contribution in [0.25, 0.3) is 0 Å². The molecule has 0 amide bonds. The maximum atomic E-state index is 12.3. The van der Waals surface area contributed by atoms with Gasteiger partial charge in [-0.1, -0.05) is 121 Å². The molecule has 1 saturated heterocycles. The molecule has 5 rings (SSSR count). The third-order valence-electron chi connectivity index (χ3n) is 7.63. The average molecular weight is 753 g/mol. The number of ether oxygens (including phenoxy) is 3. The minimum atomic E-state index is -5.58. The van der Waals surface area contributed by atoms with E-state index in [-0.39, 0.29) is 6.61 Å². The molecule has 0 spiro atoms. The maximum absolute atomic E-state index is 12.3. The standard InChI is InChI=1S/C32H35O15P3/c33-48(34,35)45-28-27(22-43-32(24-15-7-2-8-16-24,25-17-9-3-10-18-25)26-19-11-4-12-20-26)44-31(42-21-23-13-5-1-6-14-23)30(47-50(39,40)41)29(28)46-49(36,37)38/h1-20,27-31H,21-22H2,(H2,33,34,35)(H2,36,37,38)(H2,39,40,41). The molecular formula is C32H35O15P3. The molecule has 1 heterocycles. The number of phosphoric acid groups is 3. The highest BCUT2D eigenvalue weighted by Crippen LogP contribution is 2.51. The predicted octanol–water partition coefficient (Wildman–Crippen LogP) is 4.37. The SMILES string of the molecule is O=P(O)(O)OC1C(COC(c2ccccc2)(c2ccccc2)c2ccccc2)OC(OCc2ccccc2)C(OP(=O)(O)O)C1OP(=O)(O)O. The Labute approximate surface area is 287 Å². The summed E-state index contributed by atoms with van der Waals surface area (Å²) in [5.74, 6) is 0. The lowest BCUT2D eigenvalue weighted by atomic mass is 9.80. The predicted molar refractivity (Wildman–Crippen MR) is 176 cm³/mol. The molecular weight excluding hydrogens is 717 g/mol. The van der Waals surface area contributed by atoms with E-state index in [1.807, 2.05) is 0 Å². The van der Waals surface area contributed by atoms with Crippen LogP contribution >= 0.6 is 23.5 Å². The first-order valence-electron chi connectivity index (χ1n) is 15.0. The molecule has 0 aromatic heterocycles. The highest BCUT2D eigenvalue weighted by Gasteiger charge is 2.55. The molecule has 1 aliphatic heterocycles. The largest absolute Gasteiger partial charge is 0.470 e. The lowest BCUT2D eigenvalue weighted by Crippen LogP contribution is -2.61. The van der Waals surface area contributed by atoms with Crippen molar-refractivity contribution < 1.29 is 70.8 Å². The van der Waals surface area contributed by atoms with Crippen molar-refractivity contribution in [3.05, 3.63) is 144 Å². The number of hydrogen-bond acceptors (Lipinski definition) is 9. The van der Waals surface area contributed by atoms with Crippen molar-refractivity contribution in [2.24, 2.45) is 0 Å². The smallest absolute Gasteiger partial charge is 0.358 e. The van der Waals surface area contributed by atoms with Crippen molar-refractivity contribution in [3.63, 3.8) is 0 Å². The van der Waals surface area contributed by atoms with Crippen LogP contribution in [0.1, 0.15) is 22.3 Å². The topological polar surface area (TPSA) is 228 Å². The summed E-state index contributed by atoms with van der Waals surface area (Å²) in [6.45, 7) is -0.868. The lowest BCUT2D eigenvalue weighted by molar-refractivity contribution is -0.299. The van der Waals surface area contributed by atoms with Crippen LogP contribution in [-0.2, 0) is 53.7 Å². The Bertz CT molecular complexity index is 1700. The summed E-state index contributed by atoms with van der Waals surface area (Å²) in [4.78, 5) is 59.1. The summed E-state index contributed by atoms with van der Waals surface area (Å²) in [7, 11) is -16.6. The van der Waals surface area contributed by atoms with Gasteiger partial charge in [0.05, 0.1) is 13.2 Å². The van der Waals surface area contributed by atoms with Gasteiger partial charge in [-0.15, -0.1) is 0 Å². The molecule has 50 heavy (non-hydrogen) atoms. The Hall–Kier alpha value is -2.91. The molecule has 268 valence electrons. The van der Waals surface area contributed by atoms with Gasteiger partial charge in [-0.3, -0.25) is 13.6 Å². The minimum Gasteiger partial charge on any atom is -0.358 e. The zero-order valence-electron chi connectivity index (χ0n) is 26.0. The van der Waals surface area contributed by atoms with Crippen LogP contribution in [0.5, 0.6) is 0 Å². The zero-order chi connectivity index (χ0) is 36.0. The van der Waals surface area contributed by atoms with E-state index in [9.17, 15) is 43.1 Å². The number of hydrogen-bond donors (Lipinski definition) is 6. The highest BCUT2D eigenvalue weighted by molar-refractivity contribution is 7.47. The Morgan fingerprint density at radius 1 is 0.540 bits per heavy atom. The van der Waals surface area contributed by atoms with Gasteiger partial charge >= 0.3 is 23.5 Å². The molecule has 1 fully saturated rings. The first-order valence-corrected chi connectivity index (χ1v) is 19.6. The molecule has 4 aromatic rings. The summed E-state index contributed by atoms with van der Waals surface area (Å²) >= 11 is 0. The van der Waals surface area contributed by atoms with E-state index in [1.165, 1.54) is 0 Å². The number of phosphoric ester groups is 3. The van der Waals surface area contributed by atoms with Crippen LogP contribution in [0.4, 0.5) is 0 Å². The molecule has 0 bridgehead atoms. The van der Waals surface area contributed by atoms with Crippen molar-refractivity contribution in [3.8, 4) is 0 Å². The van der Waals surface area contributed by atoms with E-state index in [0.717, 1.165) is 0 Å². The molecule has 4 aromatic carbocycles. The van der Waals surface area contributed by atoms with E-state index < -0.39 is 66.4 Å². The monoisotopic (exact) mass is 752 g/mol. The van der Waals surface area contributed by atoms with E-state index >= 15 is 0 Å². The van der Waals surface area contributed by atoms with Crippen LogP contribution in [0.15, 0.2) is 121 Å². The van der Waals surface area contributed by atoms with E-state index in [2.05, 4.69) is 0 Å². The molecule has 0 aliphatic carbocycles. The van der Waals surface area contributed by atoms with Crippen molar-refractivity contribution in [2.45, 2.75) is 42.9 Å².